The van der Waals surface area contributed by atoms with Crippen molar-refractivity contribution in [2.75, 3.05) is 6.61 Å². The van der Waals surface area contributed by atoms with Crippen LogP contribution < -0.4 is 0 Å². The van der Waals surface area contributed by atoms with Crippen molar-refractivity contribution in [3.63, 3.8) is 0 Å². The number of fused-ring (bicyclic) bond motifs is 1. The van der Waals surface area contributed by atoms with E-state index in [1.165, 1.54) is 18.2 Å². The van der Waals surface area contributed by atoms with Crippen LogP contribution in [0.5, 0.6) is 0 Å². The van der Waals surface area contributed by atoms with Crippen LogP contribution in [0.1, 0.15) is 12.5 Å². The maximum absolute atomic E-state index is 12.0. The van der Waals surface area contributed by atoms with E-state index < -0.39 is 10.9 Å². The first kappa shape index (κ1) is 17.9. The smallest absolute Gasteiger partial charge is 0.348 e. The normalized spacial score (nSPS) is 11.2. The Balaban J connectivity index is 2.19. The van der Waals surface area contributed by atoms with E-state index in [9.17, 15) is 20.2 Å². The number of esters is 1. The van der Waals surface area contributed by atoms with Crippen LogP contribution in [0, 0.1) is 21.4 Å². The van der Waals surface area contributed by atoms with Crippen molar-refractivity contribution >= 4 is 28.6 Å². The lowest BCUT2D eigenvalue weighted by atomic mass is 10.0. The van der Waals surface area contributed by atoms with Gasteiger partial charge in [0.1, 0.15) is 11.6 Å². The Kier molecular flexibility index (Phi) is 4.99. The SMILES string of the molecule is CCOC(=O)C(C#N)=Cc1c(-c2ccc([N+](=O)[O-])cc2)[nH]c2ccccc12. The summed E-state index contributed by atoms with van der Waals surface area (Å²) in [6.45, 7) is 1.84. The number of aromatic amines is 1. The molecule has 1 heterocycles. The van der Waals surface area contributed by atoms with E-state index in [0.29, 0.717) is 16.8 Å². The van der Waals surface area contributed by atoms with Gasteiger partial charge in [-0.3, -0.25) is 10.1 Å². The minimum atomic E-state index is -0.695. The number of rotatable bonds is 5. The summed E-state index contributed by atoms with van der Waals surface area (Å²) in [5, 5.41) is 21.0. The summed E-state index contributed by atoms with van der Waals surface area (Å²) in [5.41, 5.74) is 2.68. The third-order valence-corrected chi connectivity index (χ3v) is 4.02. The van der Waals surface area contributed by atoms with Crippen molar-refractivity contribution in [1.29, 1.82) is 5.26 Å². The Morgan fingerprint density at radius 1 is 1.26 bits per heavy atom. The van der Waals surface area contributed by atoms with E-state index in [0.717, 1.165) is 10.9 Å². The molecule has 0 aliphatic heterocycles. The fourth-order valence-electron chi connectivity index (χ4n) is 2.78. The number of H-pyrrole nitrogens is 1. The summed E-state index contributed by atoms with van der Waals surface area (Å²) in [6, 6.07) is 15.4. The number of benzene rings is 2. The van der Waals surface area contributed by atoms with Crippen molar-refractivity contribution in [3.05, 3.63) is 69.8 Å². The second-order valence-corrected chi connectivity index (χ2v) is 5.65. The molecule has 0 bridgehead atoms. The molecule has 7 nitrogen and oxygen atoms in total. The minimum Gasteiger partial charge on any atom is -0.462 e. The van der Waals surface area contributed by atoms with Crippen LogP contribution >= 0.6 is 0 Å². The number of nitrogens with one attached hydrogen (secondary N) is 1. The van der Waals surface area contributed by atoms with E-state index in [1.807, 2.05) is 30.3 Å². The second kappa shape index (κ2) is 7.54. The molecule has 0 atom stereocenters. The number of nitro groups is 1. The van der Waals surface area contributed by atoms with E-state index in [1.54, 1.807) is 19.1 Å². The highest BCUT2D eigenvalue weighted by molar-refractivity contribution is 6.04. The van der Waals surface area contributed by atoms with Crippen LogP contribution in [-0.2, 0) is 9.53 Å². The van der Waals surface area contributed by atoms with E-state index in [4.69, 9.17) is 4.74 Å². The van der Waals surface area contributed by atoms with Gasteiger partial charge in [-0.25, -0.2) is 4.79 Å². The lowest BCUT2D eigenvalue weighted by molar-refractivity contribution is -0.384. The number of nitro benzene ring substituents is 1. The number of nitrogens with zero attached hydrogens (tertiary/aromatic N) is 2. The minimum absolute atomic E-state index is 0.0174. The first-order valence-electron chi connectivity index (χ1n) is 8.19. The van der Waals surface area contributed by atoms with Crippen molar-refractivity contribution in [1.82, 2.24) is 4.98 Å². The molecule has 2 aromatic carbocycles. The standard InChI is InChI=1S/C20H15N3O4/c1-2-27-20(24)14(12-21)11-17-16-5-3-4-6-18(16)22-19(17)13-7-9-15(10-8-13)23(25)26/h3-11,22H,2H2,1H3. The molecule has 134 valence electrons. The van der Waals surface area contributed by atoms with Crippen LogP contribution in [0.25, 0.3) is 28.2 Å². The van der Waals surface area contributed by atoms with Crippen molar-refractivity contribution in [2.45, 2.75) is 6.92 Å². The second-order valence-electron chi connectivity index (χ2n) is 5.65. The van der Waals surface area contributed by atoms with Gasteiger partial charge in [-0.15, -0.1) is 0 Å². The van der Waals surface area contributed by atoms with Gasteiger partial charge in [-0.05, 0) is 36.8 Å². The highest BCUT2D eigenvalue weighted by Gasteiger charge is 2.16. The number of non-ortho nitro benzene ring substituents is 1. The summed E-state index contributed by atoms with van der Waals surface area (Å²) >= 11 is 0. The molecule has 3 aromatic rings. The number of carbonyl (C=O) groups excluding carboxylic acids is 1. The topological polar surface area (TPSA) is 109 Å². The predicted molar refractivity (Wildman–Crippen MR) is 101 cm³/mol. The number of aromatic nitrogens is 1. The Bertz CT molecular complexity index is 1090. The third kappa shape index (κ3) is 3.55. The number of hydrogen-bond donors (Lipinski definition) is 1. The van der Waals surface area contributed by atoms with Gasteiger partial charge < -0.3 is 9.72 Å². The number of carbonyl (C=O) groups is 1. The predicted octanol–water partition coefficient (Wildman–Crippen LogP) is 4.21. The van der Waals surface area contributed by atoms with Gasteiger partial charge in [0.25, 0.3) is 5.69 Å². The van der Waals surface area contributed by atoms with Gasteiger partial charge in [0, 0.05) is 28.6 Å². The van der Waals surface area contributed by atoms with Gasteiger partial charge in [-0.2, -0.15) is 5.26 Å². The average Bonchev–Trinajstić information content (AvgIpc) is 3.04. The average molecular weight is 361 g/mol. The summed E-state index contributed by atoms with van der Waals surface area (Å²) < 4.78 is 4.93. The Hall–Kier alpha value is -3.92. The molecule has 0 aliphatic rings. The van der Waals surface area contributed by atoms with E-state index >= 15 is 0 Å². The molecule has 0 spiro atoms. The van der Waals surface area contributed by atoms with Gasteiger partial charge in [0.05, 0.1) is 17.2 Å². The number of hydrogen-bond acceptors (Lipinski definition) is 5. The summed E-state index contributed by atoms with van der Waals surface area (Å²) in [6.07, 6.45) is 1.48. The van der Waals surface area contributed by atoms with Crippen LogP contribution in [0.15, 0.2) is 54.1 Å². The van der Waals surface area contributed by atoms with E-state index in [-0.39, 0.29) is 17.9 Å². The number of para-hydroxylation sites is 1. The van der Waals surface area contributed by atoms with Crippen molar-refractivity contribution < 1.29 is 14.5 Å². The zero-order valence-corrected chi connectivity index (χ0v) is 14.4. The Morgan fingerprint density at radius 3 is 2.59 bits per heavy atom. The molecule has 0 aliphatic carbocycles. The number of ether oxygens (including phenoxy) is 1. The van der Waals surface area contributed by atoms with Crippen LogP contribution in [-0.4, -0.2) is 22.5 Å². The fourth-order valence-corrected chi connectivity index (χ4v) is 2.78. The largest absolute Gasteiger partial charge is 0.462 e. The molecular formula is C20H15N3O4. The highest BCUT2D eigenvalue weighted by Crippen LogP contribution is 2.33. The molecule has 0 radical (unpaired) electrons. The molecular weight excluding hydrogens is 346 g/mol. The van der Waals surface area contributed by atoms with Gasteiger partial charge in [0.15, 0.2) is 0 Å². The molecule has 1 aromatic heterocycles. The first-order valence-corrected chi connectivity index (χ1v) is 8.19. The lowest BCUT2D eigenvalue weighted by Crippen LogP contribution is -2.06. The molecule has 0 saturated heterocycles. The molecule has 0 fully saturated rings. The Morgan fingerprint density at radius 2 is 1.96 bits per heavy atom. The Labute approximate surface area is 154 Å². The summed E-state index contributed by atoms with van der Waals surface area (Å²) in [4.78, 5) is 25.7. The van der Waals surface area contributed by atoms with Crippen molar-refractivity contribution in [2.24, 2.45) is 0 Å². The lowest BCUT2D eigenvalue weighted by Gasteiger charge is -2.03. The van der Waals surface area contributed by atoms with Gasteiger partial charge in [0.2, 0.25) is 0 Å². The number of nitriles is 1. The summed E-state index contributed by atoms with van der Waals surface area (Å²) in [7, 11) is 0. The van der Waals surface area contributed by atoms with Crippen LogP contribution in [0.4, 0.5) is 5.69 Å². The molecule has 0 saturated carbocycles. The molecule has 0 amide bonds. The van der Waals surface area contributed by atoms with Gasteiger partial charge in [-0.1, -0.05) is 18.2 Å². The maximum Gasteiger partial charge on any atom is 0.348 e. The molecule has 0 unspecified atom stereocenters. The first-order chi connectivity index (χ1) is 13.0. The summed E-state index contributed by atoms with van der Waals surface area (Å²) in [5.74, 6) is -0.695. The van der Waals surface area contributed by atoms with Crippen LogP contribution in [0.3, 0.4) is 0 Å². The quantitative estimate of drug-likeness (QED) is 0.241. The molecule has 1 N–H and O–H groups in total. The zero-order chi connectivity index (χ0) is 19.4. The third-order valence-electron chi connectivity index (χ3n) is 4.02. The highest BCUT2D eigenvalue weighted by atomic mass is 16.6. The molecule has 27 heavy (non-hydrogen) atoms. The molecule has 3 rings (SSSR count). The zero-order valence-electron chi connectivity index (χ0n) is 14.4. The monoisotopic (exact) mass is 361 g/mol. The van der Waals surface area contributed by atoms with E-state index in [2.05, 4.69) is 4.98 Å². The molecule has 7 heteroatoms. The fraction of sp³-hybridized carbons (Fsp3) is 0.100. The van der Waals surface area contributed by atoms with Crippen molar-refractivity contribution in [3.8, 4) is 17.3 Å². The maximum atomic E-state index is 12.0. The van der Waals surface area contributed by atoms with Gasteiger partial charge >= 0.3 is 5.97 Å². The van der Waals surface area contributed by atoms with Crippen LogP contribution in [0.2, 0.25) is 0 Å².